The molecule has 2 heterocycles. The maximum atomic E-state index is 13.1. The fourth-order valence-corrected chi connectivity index (χ4v) is 5.98. The van der Waals surface area contributed by atoms with Gasteiger partial charge in [-0.2, -0.15) is 4.31 Å². The number of aryl methyl sites for hydroxylation is 1. The zero-order valence-electron chi connectivity index (χ0n) is 18.3. The number of nitrogens with one attached hydrogen (secondary N) is 1. The van der Waals surface area contributed by atoms with Gasteiger partial charge in [0.2, 0.25) is 21.8 Å². The van der Waals surface area contributed by atoms with Crippen LogP contribution >= 0.6 is 0 Å². The molecule has 0 aromatic heterocycles. The maximum Gasteiger partial charge on any atom is 0.243 e. The average Bonchev–Trinajstić information content (AvgIpc) is 3.22. The molecule has 8 heteroatoms. The molecule has 2 aromatic carbocycles. The third kappa shape index (κ3) is 4.86. The van der Waals surface area contributed by atoms with Gasteiger partial charge in [-0.1, -0.05) is 30.3 Å². The van der Waals surface area contributed by atoms with Gasteiger partial charge in [0, 0.05) is 44.7 Å². The van der Waals surface area contributed by atoms with Crippen molar-refractivity contribution >= 4 is 27.5 Å². The molecule has 0 spiro atoms. The van der Waals surface area contributed by atoms with Gasteiger partial charge in [-0.3, -0.25) is 9.59 Å². The highest BCUT2D eigenvalue weighted by atomic mass is 32.2. The predicted molar refractivity (Wildman–Crippen MR) is 123 cm³/mol. The second-order valence-electron chi connectivity index (χ2n) is 8.44. The van der Waals surface area contributed by atoms with Crippen molar-refractivity contribution < 1.29 is 18.0 Å². The molecule has 0 saturated carbocycles. The minimum Gasteiger partial charge on any atom is -0.353 e. The molecule has 2 aliphatic heterocycles. The highest BCUT2D eigenvalue weighted by molar-refractivity contribution is 7.89. The van der Waals surface area contributed by atoms with Crippen LogP contribution in [0.3, 0.4) is 0 Å². The molecule has 2 aliphatic rings. The molecule has 1 fully saturated rings. The van der Waals surface area contributed by atoms with E-state index in [2.05, 4.69) is 5.32 Å². The lowest BCUT2D eigenvalue weighted by Gasteiger charge is -2.31. The number of piperidine rings is 1. The number of carbonyl (C=O) groups is 2. The van der Waals surface area contributed by atoms with Gasteiger partial charge in [0.05, 0.1) is 4.90 Å². The molecule has 2 aromatic rings. The number of rotatable bonds is 6. The third-order valence-electron chi connectivity index (χ3n) is 6.27. The van der Waals surface area contributed by atoms with Crippen molar-refractivity contribution in [3.63, 3.8) is 0 Å². The molecule has 170 valence electrons. The van der Waals surface area contributed by atoms with E-state index in [-0.39, 0.29) is 22.8 Å². The number of amides is 2. The SMILES string of the molecule is CC(=O)N1CCc2cc(S(=O)(=O)N3CCC(NC(=O)CCc4ccccc4)CC3)ccc21. The quantitative estimate of drug-likeness (QED) is 0.725. The number of sulfonamides is 1. The maximum absolute atomic E-state index is 13.1. The molecule has 0 atom stereocenters. The Morgan fingerprint density at radius 1 is 1.03 bits per heavy atom. The molecule has 1 saturated heterocycles. The molecule has 32 heavy (non-hydrogen) atoms. The number of benzene rings is 2. The number of fused-ring (bicyclic) bond motifs is 1. The van der Waals surface area contributed by atoms with E-state index < -0.39 is 10.0 Å². The highest BCUT2D eigenvalue weighted by Crippen LogP contribution is 2.31. The summed E-state index contributed by atoms with van der Waals surface area (Å²) in [6.45, 7) is 2.86. The van der Waals surface area contributed by atoms with Crippen molar-refractivity contribution in [1.29, 1.82) is 0 Å². The smallest absolute Gasteiger partial charge is 0.243 e. The Bertz CT molecular complexity index is 1090. The number of anilines is 1. The van der Waals surface area contributed by atoms with E-state index in [0.29, 0.717) is 51.7 Å². The Morgan fingerprint density at radius 2 is 1.75 bits per heavy atom. The summed E-state index contributed by atoms with van der Waals surface area (Å²) in [5, 5.41) is 3.05. The number of nitrogens with zero attached hydrogens (tertiary/aromatic N) is 2. The zero-order valence-corrected chi connectivity index (χ0v) is 19.1. The van der Waals surface area contributed by atoms with E-state index in [1.165, 1.54) is 11.2 Å². The topological polar surface area (TPSA) is 86.8 Å². The highest BCUT2D eigenvalue weighted by Gasteiger charge is 2.31. The summed E-state index contributed by atoms with van der Waals surface area (Å²) in [5.41, 5.74) is 2.82. The molecule has 1 N–H and O–H groups in total. The Balaban J connectivity index is 1.32. The summed E-state index contributed by atoms with van der Waals surface area (Å²) in [6, 6.07) is 14.9. The van der Waals surface area contributed by atoms with Gasteiger partial charge in [0.25, 0.3) is 0 Å². The second-order valence-corrected chi connectivity index (χ2v) is 10.4. The standard InChI is InChI=1S/C24H29N3O4S/c1-18(28)27-16-11-20-17-22(8-9-23(20)27)32(30,31)26-14-12-21(13-15-26)25-24(29)10-7-19-5-3-2-4-6-19/h2-6,8-9,17,21H,7,10-16H2,1H3,(H,25,29). The van der Waals surface area contributed by atoms with Crippen molar-refractivity contribution in [2.24, 2.45) is 0 Å². The first-order chi connectivity index (χ1) is 15.3. The fourth-order valence-electron chi connectivity index (χ4n) is 4.46. The van der Waals surface area contributed by atoms with Crippen LogP contribution in [0.25, 0.3) is 0 Å². The summed E-state index contributed by atoms with van der Waals surface area (Å²) in [6.07, 6.45) is 2.97. The van der Waals surface area contributed by atoms with Crippen LogP contribution < -0.4 is 10.2 Å². The van der Waals surface area contributed by atoms with Gasteiger partial charge in [-0.25, -0.2) is 8.42 Å². The van der Waals surface area contributed by atoms with Crippen LogP contribution in [0.15, 0.2) is 53.4 Å². The van der Waals surface area contributed by atoms with Crippen LogP contribution in [0.5, 0.6) is 0 Å². The summed E-state index contributed by atoms with van der Waals surface area (Å²) >= 11 is 0. The summed E-state index contributed by atoms with van der Waals surface area (Å²) in [4.78, 5) is 26.0. The Kier molecular flexibility index (Phi) is 6.62. The van der Waals surface area contributed by atoms with E-state index in [1.807, 2.05) is 30.3 Å². The molecular formula is C24H29N3O4S. The number of hydrogen-bond donors (Lipinski definition) is 1. The minimum atomic E-state index is -3.60. The largest absolute Gasteiger partial charge is 0.353 e. The Labute approximate surface area is 189 Å². The number of carbonyl (C=O) groups excluding carboxylic acids is 2. The monoisotopic (exact) mass is 455 g/mol. The van der Waals surface area contributed by atoms with Crippen molar-refractivity contribution in [3.8, 4) is 0 Å². The van der Waals surface area contributed by atoms with E-state index in [1.54, 1.807) is 23.1 Å². The second kappa shape index (κ2) is 9.42. The Morgan fingerprint density at radius 3 is 2.44 bits per heavy atom. The normalized spacial score (nSPS) is 17.2. The van der Waals surface area contributed by atoms with Gasteiger partial charge in [0.1, 0.15) is 0 Å². The average molecular weight is 456 g/mol. The van der Waals surface area contributed by atoms with E-state index >= 15 is 0 Å². The van der Waals surface area contributed by atoms with Gasteiger partial charge in [-0.15, -0.1) is 0 Å². The molecule has 0 radical (unpaired) electrons. The lowest BCUT2D eigenvalue weighted by molar-refractivity contribution is -0.122. The van der Waals surface area contributed by atoms with E-state index in [0.717, 1.165) is 16.8 Å². The van der Waals surface area contributed by atoms with Gasteiger partial charge in [-0.05, 0) is 55.0 Å². The Hall–Kier alpha value is -2.71. The molecule has 4 rings (SSSR count). The van der Waals surface area contributed by atoms with Crippen LogP contribution in [0, 0.1) is 0 Å². The molecular weight excluding hydrogens is 426 g/mol. The summed E-state index contributed by atoms with van der Waals surface area (Å²) < 4.78 is 27.8. The molecule has 0 bridgehead atoms. The lowest BCUT2D eigenvalue weighted by Crippen LogP contribution is -2.46. The lowest BCUT2D eigenvalue weighted by atomic mass is 10.1. The van der Waals surface area contributed by atoms with E-state index in [4.69, 9.17) is 0 Å². The van der Waals surface area contributed by atoms with Crippen molar-refractivity contribution in [1.82, 2.24) is 9.62 Å². The van der Waals surface area contributed by atoms with Gasteiger partial charge >= 0.3 is 0 Å². The minimum absolute atomic E-state index is 0.00353. The van der Waals surface area contributed by atoms with Crippen LogP contribution in [0.4, 0.5) is 5.69 Å². The van der Waals surface area contributed by atoms with Crippen molar-refractivity contribution in [2.45, 2.75) is 50.0 Å². The van der Waals surface area contributed by atoms with Crippen molar-refractivity contribution in [2.75, 3.05) is 24.5 Å². The van der Waals surface area contributed by atoms with Crippen LogP contribution in [0.2, 0.25) is 0 Å². The first-order valence-electron chi connectivity index (χ1n) is 11.1. The number of hydrogen-bond acceptors (Lipinski definition) is 4. The molecule has 2 amide bonds. The first kappa shape index (κ1) is 22.5. The van der Waals surface area contributed by atoms with E-state index in [9.17, 15) is 18.0 Å². The van der Waals surface area contributed by atoms with Crippen LogP contribution in [0.1, 0.15) is 37.3 Å². The molecule has 7 nitrogen and oxygen atoms in total. The predicted octanol–water partition coefficient (Wildman–Crippen LogP) is 2.50. The summed E-state index contributed by atoms with van der Waals surface area (Å²) in [5.74, 6) is -0.0314. The van der Waals surface area contributed by atoms with Gasteiger partial charge < -0.3 is 10.2 Å². The van der Waals surface area contributed by atoms with Crippen LogP contribution in [-0.2, 0) is 32.5 Å². The van der Waals surface area contributed by atoms with Gasteiger partial charge in [0.15, 0.2) is 0 Å². The molecule has 0 aliphatic carbocycles. The molecule has 0 unspecified atom stereocenters. The zero-order chi connectivity index (χ0) is 22.7. The van der Waals surface area contributed by atoms with Crippen LogP contribution in [-0.4, -0.2) is 50.2 Å². The summed E-state index contributed by atoms with van der Waals surface area (Å²) in [7, 11) is -3.60. The fraction of sp³-hybridized carbons (Fsp3) is 0.417. The third-order valence-corrected chi connectivity index (χ3v) is 8.16. The first-order valence-corrected chi connectivity index (χ1v) is 12.5. The van der Waals surface area contributed by atoms with Crippen molar-refractivity contribution in [3.05, 3.63) is 59.7 Å².